The average molecular weight is 340 g/mol. The summed E-state index contributed by atoms with van der Waals surface area (Å²) in [4.78, 5) is 1.35. The Morgan fingerprint density at radius 3 is 3.11 bits per heavy atom. The van der Waals surface area contributed by atoms with Gasteiger partial charge in [0.05, 0.1) is 4.47 Å². The van der Waals surface area contributed by atoms with Crippen molar-refractivity contribution in [1.82, 2.24) is 5.32 Å². The van der Waals surface area contributed by atoms with Gasteiger partial charge in [0.25, 0.3) is 0 Å². The maximum Gasteiger partial charge on any atom is 0.231 e. The highest BCUT2D eigenvalue weighted by Gasteiger charge is 2.18. The number of ether oxygens (including phenoxy) is 2. The Hall–Kier alpha value is -1.04. The van der Waals surface area contributed by atoms with Gasteiger partial charge in [-0.1, -0.05) is 6.07 Å². The summed E-state index contributed by atoms with van der Waals surface area (Å²) in [6.45, 7) is 3.28. The summed E-state index contributed by atoms with van der Waals surface area (Å²) >= 11 is 5.29. The van der Waals surface area contributed by atoms with Crippen molar-refractivity contribution in [2.45, 2.75) is 19.5 Å². The van der Waals surface area contributed by atoms with Crippen LogP contribution in [0.1, 0.15) is 23.4 Å². The molecule has 0 unspecified atom stereocenters. The van der Waals surface area contributed by atoms with Gasteiger partial charge in [-0.25, -0.2) is 0 Å². The van der Waals surface area contributed by atoms with Gasteiger partial charge in [0, 0.05) is 17.5 Å². The van der Waals surface area contributed by atoms with Crippen LogP contribution in [0.4, 0.5) is 0 Å². The number of hydrogen-bond donors (Lipinski definition) is 1. The molecule has 0 amide bonds. The Morgan fingerprint density at radius 1 is 1.42 bits per heavy atom. The molecule has 5 heteroatoms. The van der Waals surface area contributed by atoms with Gasteiger partial charge in [-0.15, -0.1) is 11.3 Å². The minimum atomic E-state index is 0.302. The molecule has 19 heavy (non-hydrogen) atoms. The third-order valence-corrected chi connectivity index (χ3v) is 4.71. The van der Waals surface area contributed by atoms with Crippen molar-refractivity contribution >= 4 is 27.3 Å². The molecule has 0 aliphatic carbocycles. The van der Waals surface area contributed by atoms with Crippen LogP contribution >= 0.6 is 27.3 Å². The lowest BCUT2D eigenvalue weighted by molar-refractivity contribution is 0.173. The monoisotopic (exact) mass is 339 g/mol. The van der Waals surface area contributed by atoms with Gasteiger partial charge in [-0.05, 0) is 52.0 Å². The van der Waals surface area contributed by atoms with Crippen molar-refractivity contribution in [3.63, 3.8) is 0 Å². The van der Waals surface area contributed by atoms with E-state index in [-0.39, 0.29) is 0 Å². The van der Waals surface area contributed by atoms with Gasteiger partial charge >= 0.3 is 0 Å². The minimum Gasteiger partial charge on any atom is -0.454 e. The number of thiophene rings is 1. The van der Waals surface area contributed by atoms with E-state index < -0.39 is 0 Å². The first-order valence-electron chi connectivity index (χ1n) is 6.09. The molecule has 1 atom stereocenters. The van der Waals surface area contributed by atoms with Crippen molar-refractivity contribution in [3.8, 4) is 11.5 Å². The molecule has 1 aliphatic rings. The first-order valence-corrected chi connectivity index (χ1v) is 7.76. The minimum absolute atomic E-state index is 0.302. The summed E-state index contributed by atoms with van der Waals surface area (Å²) < 4.78 is 11.7. The van der Waals surface area contributed by atoms with E-state index in [4.69, 9.17) is 9.47 Å². The zero-order chi connectivity index (χ0) is 13.2. The smallest absolute Gasteiger partial charge is 0.231 e. The standard InChI is InChI=1S/C14H14BrNO2S/c1-9(13-3-2-4-19-13)16-7-10-5-11(15)14-12(6-10)17-8-18-14/h2-6,9,16H,7-8H2,1H3/t9-/m1/s1. The number of benzene rings is 1. The molecule has 0 saturated heterocycles. The molecule has 0 spiro atoms. The summed E-state index contributed by atoms with van der Waals surface area (Å²) in [5.74, 6) is 1.62. The van der Waals surface area contributed by atoms with Crippen LogP contribution < -0.4 is 14.8 Å². The van der Waals surface area contributed by atoms with Crippen LogP contribution in [0.2, 0.25) is 0 Å². The van der Waals surface area contributed by atoms with E-state index >= 15 is 0 Å². The van der Waals surface area contributed by atoms with E-state index in [9.17, 15) is 0 Å². The third-order valence-electron chi connectivity index (χ3n) is 3.07. The van der Waals surface area contributed by atoms with Crippen molar-refractivity contribution in [2.24, 2.45) is 0 Å². The van der Waals surface area contributed by atoms with E-state index in [0.29, 0.717) is 12.8 Å². The second-order valence-corrected chi connectivity index (χ2v) is 6.26. The van der Waals surface area contributed by atoms with Crippen molar-refractivity contribution in [2.75, 3.05) is 6.79 Å². The molecule has 2 heterocycles. The molecule has 1 aromatic carbocycles. The summed E-state index contributed by atoms with van der Waals surface area (Å²) in [7, 11) is 0. The van der Waals surface area contributed by atoms with Crippen LogP contribution in [-0.2, 0) is 6.54 Å². The van der Waals surface area contributed by atoms with E-state index in [2.05, 4.69) is 51.7 Å². The molecule has 100 valence electrons. The molecule has 0 fully saturated rings. The fraction of sp³-hybridized carbons (Fsp3) is 0.286. The fourth-order valence-corrected chi connectivity index (χ4v) is 3.39. The lowest BCUT2D eigenvalue weighted by atomic mass is 10.2. The predicted molar refractivity (Wildman–Crippen MR) is 79.8 cm³/mol. The summed E-state index contributed by atoms with van der Waals surface area (Å²) in [6.07, 6.45) is 0. The number of rotatable bonds is 4. The molecule has 1 aromatic heterocycles. The highest BCUT2D eigenvalue weighted by atomic mass is 79.9. The number of fused-ring (bicyclic) bond motifs is 1. The van der Waals surface area contributed by atoms with E-state index in [1.165, 1.54) is 10.4 Å². The Labute approximate surface area is 124 Å². The summed E-state index contributed by atoms with van der Waals surface area (Å²) in [6, 6.07) is 8.68. The zero-order valence-corrected chi connectivity index (χ0v) is 12.9. The largest absolute Gasteiger partial charge is 0.454 e. The van der Waals surface area contributed by atoms with Crippen molar-refractivity contribution in [3.05, 3.63) is 44.6 Å². The van der Waals surface area contributed by atoms with Crippen LogP contribution in [0.25, 0.3) is 0 Å². The van der Waals surface area contributed by atoms with Crippen LogP contribution in [0.15, 0.2) is 34.1 Å². The number of hydrogen-bond acceptors (Lipinski definition) is 4. The third kappa shape index (κ3) is 2.78. The second-order valence-electron chi connectivity index (χ2n) is 4.43. The topological polar surface area (TPSA) is 30.5 Å². The zero-order valence-electron chi connectivity index (χ0n) is 10.5. The van der Waals surface area contributed by atoms with Gasteiger partial charge < -0.3 is 14.8 Å². The Morgan fingerprint density at radius 2 is 2.32 bits per heavy atom. The summed E-state index contributed by atoms with van der Waals surface area (Å²) in [5, 5.41) is 5.61. The molecule has 3 rings (SSSR count). The molecule has 1 N–H and O–H groups in total. The highest BCUT2D eigenvalue weighted by molar-refractivity contribution is 9.10. The molecular formula is C14H14BrNO2S. The van der Waals surface area contributed by atoms with Crippen LogP contribution in [-0.4, -0.2) is 6.79 Å². The van der Waals surface area contributed by atoms with Crippen LogP contribution in [0.5, 0.6) is 11.5 Å². The van der Waals surface area contributed by atoms with Crippen LogP contribution in [0, 0.1) is 0 Å². The quantitative estimate of drug-likeness (QED) is 0.909. The SMILES string of the molecule is C[C@@H](NCc1cc(Br)c2c(c1)OCO2)c1cccs1. The lowest BCUT2D eigenvalue weighted by Gasteiger charge is -2.12. The molecule has 0 saturated carbocycles. The molecule has 0 radical (unpaired) electrons. The summed E-state index contributed by atoms with van der Waals surface area (Å²) in [5.41, 5.74) is 1.18. The van der Waals surface area contributed by atoms with E-state index in [0.717, 1.165) is 22.5 Å². The first kappa shape index (κ1) is 13.0. The maximum absolute atomic E-state index is 5.42. The molecule has 3 nitrogen and oxygen atoms in total. The van der Waals surface area contributed by atoms with Gasteiger partial charge in [-0.2, -0.15) is 0 Å². The fourth-order valence-electron chi connectivity index (χ4n) is 2.03. The van der Waals surface area contributed by atoms with Gasteiger partial charge in [-0.3, -0.25) is 0 Å². The molecule has 0 bridgehead atoms. The second kappa shape index (κ2) is 5.53. The molecule has 1 aliphatic heterocycles. The van der Waals surface area contributed by atoms with Crippen molar-refractivity contribution < 1.29 is 9.47 Å². The van der Waals surface area contributed by atoms with Gasteiger partial charge in [0.1, 0.15) is 0 Å². The van der Waals surface area contributed by atoms with Crippen LogP contribution in [0.3, 0.4) is 0 Å². The van der Waals surface area contributed by atoms with Gasteiger partial charge in [0.15, 0.2) is 11.5 Å². The number of halogens is 1. The Bertz CT molecular complexity index is 571. The van der Waals surface area contributed by atoms with E-state index in [1.54, 1.807) is 11.3 Å². The Kier molecular flexibility index (Phi) is 3.77. The number of nitrogens with one attached hydrogen (secondary N) is 1. The maximum atomic E-state index is 5.42. The lowest BCUT2D eigenvalue weighted by Crippen LogP contribution is -2.17. The highest BCUT2D eigenvalue weighted by Crippen LogP contribution is 2.40. The average Bonchev–Trinajstić information content (AvgIpc) is 3.06. The van der Waals surface area contributed by atoms with Crippen molar-refractivity contribution in [1.29, 1.82) is 0 Å². The normalized spacial score (nSPS) is 14.6. The molecular weight excluding hydrogens is 326 g/mol. The Balaban J connectivity index is 1.69. The van der Waals surface area contributed by atoms with E-state index in [1.807, 2.05) is 6.07 Å². The predicted octanol–water partition coefficient (Wildman–Crippen LogP) is 4.09. The molecule has 2 aromatic rings. The van der Waals surface area contributed by atoms with Gasteiger partial charge in [0.2, 0.25) is 6.79 Å². The first-order chi connectivity index (χ1) is 9.24.